The predicted molar refractivity (Wildman–Crippen MR) is 177 cm³/mol. The van der Waals surface area contributed by atoms with E-state index in [0.29, 0.717) is 48.0 Å². The summed E-state index contributed by atoms with van der Waals surface area (Å²) >= 11 is 0. The number of carbonyl (C=O) groups excluding carboxylic acids is 2. The summed E-state index contributed by atoms with van der Waals surface area (Å²) in [6, 6.07) is 27.3. The Morgan fingerprint density at radius 2 is 1.38 bits per heavy atom. The first kappa shape index (κ1) is 34.6. The van der Waals surface area contributed by atoms with Crippen LogP contribution >= 0.6 is 0 Å². The third-order valence-electron chi connectivity index (χ3n) is 7.69. The lowest BCUT2D eigenvalue weighted by molar-refractivity contribution is -0.298. The molecular weight excluding hydrogens is 616 g/mol. The normalized spacial score (nSPS) is 14.0. The molecule has 0 aromatic heterocycles. The number of benzene rings is 4. The number of methoxy groups -OCH3 is 1. The minimum atomic E-state index is -0.808. The van der Waals surface area contributed by atoms with Gasteiger partial charge in [0.25, 0.3) is 0 Å². The van der Waals surface area contributed by atoms with Gasteiger partial charge in [-0.1, -0.05) is 37.3 Å². The van der Waals surface area contributed by atoms with Crippen LogP contribution in [0.25, 0.3) is 0 Å². The standard InChI is InChI=1S/C38H40O10/c1-38(25-44-26-38)24-43-21-7-8-22-45-31-17-13-28(14-18-31)36(39)46-32-19-20-34(47-37(40)29-11-15-30(41-2)16-12-29)33(23-32)35(48-42-3)27-9-5-4-6-10-27/h4-6,9-20,23,35H,7-8,21-22,24-26H2,1-3H3. The minimum absolute atomic E-state index is 0.154. The molecule has 4 aromatic rings. The summed E-state index contributed by atoms with van der Waals surface area (Å²) in [5.41, 5.74) is 1.96. The molecule has 48 heavy (non-hydrogen) atoms. The highest BCUT2D eigenvalue weighted by Crippen LogP contribution is 2.36. The predicted octanol–water partition coefficient (Wildman–Crippen LogP) is 7.01. The molecule has 0 aliphatic carbocycles. The zero-order chi connectivity index (χ0) is 33.8. The molecule has 0 radical (unpaired) electrons. The van der Waals surface area contributed by atoms with Crippen molar-refractivity contribution in [3.8, 4) is 23.0 Å². The van der Waals surface area contributed by atoms with Gasteiger partial charge in [0.15, 0.2) is 0 Å². The van der Waals surface area contributed by atoms with Crippen molar-refractivity contribution in [1.82, 2.24) is 0 Å². The maximum atomic E-state index is 13.1. The monoisotopic (exact) mass is 656 g/mol. The molecule has 1 unspecified atom stereocenters. The first-order chi connectivity index (χ1) is 23.4. The minimum Gasteiger partial charge on any atom is -0.497 e. The van der Waals surface area contributed by atoms with E-state index in [2.05, 4.69) is 6.92 Å². The van der Waals surface area contributed by atoms with Crippen LogP contribution in [0.1, 0.15) is 57.7 Å². The van der Waals surface area contributed by atoms with Gasteiger partial charge >= 0.3 is 11.9 Å². The number of esters is 2. The van der Waals surface area contributed by atoms with Crippen LogP contribution < -0.4 is 18.9 Å². The third-order valence-corrected chi connectivity index (χ3v) is 7.69. The molecule has 0 spiro atoms. The van der Waals surface area contributed by atoms with E-state index in [4.69, 9.17) is 38.2 Å². The molecule has 0 N–H and O–H groups in total. The van der Waals surface area contributed by atoms with Crippen LogP contribution in [0.3, 0.4) is 0 Å². The molecular formula is C38H40O10. The first-order valence-corrected chi connectivity index (χ1v) is 15.7. The third kappa shape index (κ3) is 9.42. The van der Waals surface area contributed by atoms with Crippen LogP contribution in [0, 0.1) is 5.41 Å². The second-order valence-corrected chi connectivity index (χ2v) is 11.7. The Hall–Kier alpha value is -4.74. The highest BCUT2D eigenvalue weighted by Gasteiger charge is 2.33. The van der Waals surface area contributed by atoms with E-state index in [1.165, 1.54) is 7.11 Å². The van der Waals surface area contributed by atoms with Crippen molar-refractivity contribution in [3.05, 3.63) is 119 Å². The lowest BCUT2D eigenvalue weighted by Gasteiger charge is -2.37. The second-order valence-electron chi connectivity index (χ2n) is 11.7. The molecule has 4 aromatic carbocycles. The second kappa shape index (κ2) is 16.9. The fourth-order valence-corrected chi connectivity index (χ4v) is 4.99. The molecule has 1 aliphatic heterocycles. The summed E-state index contributed by atoms with van der Waals surface area (Å²) in [4.78, 5) is 36.9. The van der Waals surface area contributed by atoms with E-state index in [-0.39, 0.29) is 16.9 Å². The van der Waals surface area contributed by atoms with Gasteiger partial charge in [-0.05, 0) is 85.1 Å². The summed E-state index contributed by atoms with van der Waals surface area (Å²) < 4.78 is 33.6. The van der Waals surface area contributed by atoms with Crippen LogP contribution in [0.4, 0.5) is 0 Å². The highest BCUT2D eigenvalue weighted by atomic mass is 17.2. The van der Waals surface area contributed by atoms with Gasteiger partial charge in [-0.2, -0.15) is 0 Å². The number of hydrogen-bond donors (Lipinski definition) is 0. The lowest BCUT2D eigenvalue weighted by Crippen LogP contribution is -2.43. The SMILES string of the molecule is COOC(c1ccccc1)c1cc(OC(=O)c2ccc(OCCCCOCC3(C)COC3)cc2)ccc1OC(=O)c1ccc(OC)cc1. The Labute approximate surface area is 280 Å². The Bertz CT molecular complexity index is 1620. The van der Waals surface area contributed by atoms with Gasteiger partial charge in [0.2, 0.25) is 0 Å². The molecule has 10 nitrogen and oxygen atoms in total. The van der Waals surface area contributed by atoms with Crippen molar-refractivity contribution in [2.45, 2.75) is 25.9 Å². The molecule has 0 saturated carbocycles. The number of carbonyl (C=O) groups is 2. The van der Waals surface area contributed by atoms with Gasteiger partial charge < -0.3 is 28.4 Å². The first-order valence-electron chi connectivity index (χ1n) is 15.7. The largest absolute Gasteiger partial charge is 0.497 e. The van der Waals surface area contributed by atoms with Gasteiger partial charge in [0.1, 0.15) is 29.1 Å². The summed E-state index contributed by atoms with van der Waals surface area (Å²) in [6.45, 7) is 5.61. The lowest BCUT2D eigenvalue weighted by atomic mass is 9.90. The van der Waals surface area contributed by atoms with Crippen molar-refractivity contribution in [1.29, 1.82) is 0 Å². The smallest absolute Gasteiger partial charge is 0.343 e. The van der Waals surface area contributed by atoms with Gasteiger partial charge in [0.05, 0.1) is 51.8 Å². The van der Waals surface area contributed by atoms with Crippen LogP contribution in [0.2, 0.25) is 0 Å². The summed E-state index contributed by atoms with van der Waals surface area (Å²) in [6.07, 6.45) is 0.933. The van der Waals surface area contributed by atoms with Gasteiger partial charge in [-0.25, -0.2) is 19.4 Å². The number of ether oxygens (including phenoxy) is 6. The van der Waals surface area contributed by atoms with E-state index < -0.39 is 18.0 Å². The molecule has 0 amide bonds. The zero-order valence-corrected chi connectivity index (χ0v) is 27.3. The molecule has 0 bridgehead atoms. The molecule has 1 aliphatic rings. The van der Waals surface area contributed by atoms with E-state index in [1.807, 2.05) is 30.3 Å². The van der Waals surface area contributed by atoms with Crippen molar-refractivity contribution >= 4 is 11.9 Å². The Kier molecular flexibility index (Phi) is 12.2. The van der Waals surface area contributed by atoms with Crippen LogP contribution in [0.15, 0.2) is 97.1 Å². The number of rotatable bonds is 17. The quantitative estimate of drug-likeness (QED) is 0.0387. The summed E-state index contributed by atoms with van der Waals surface area (Å²) in [7, 11) is 2.93. The van der Waals surface area contributed by atoms with Gasteiger partial charge in [-0.15, -0.1) is 0 Å². The zero-order valence-electron chi connectivity index (χ0n) is 27.3. The van der Waals surface area contributed by atoms with E-state index in [0.717, 1.165) is 31.6 Å². The van der Waals surface area contributed by atoms with E-state index in [9.17, 15) is 9.59 Å². The molecule has 1 fully saturated rings. The highest BCUT2D eigenvalue weighted by molar-refractivity contribution is 5.92. The van der Waals surface area contributed by atoms with Crippen molar-refractivity contribution < 1.29 is 47.8 Å². The fourth-order valence-electron chi connectivity index (χ4n) is 4.99. The van der Waals surface area contributed by atoms with Crippen molar-refractivity contribution in [3.63, 3.8) is 0 Å². The maximum Gasteiger partial charge on any atom is 0.343 e. The molecule has 5 rings (SSSR count). The molecule has 1 saturated heterocycles. The number of hydrogen-bond acceptors (Lipinski definition) is 10. The Morgan fingerprint density at radius 3 is 2.00 bits per heavy atom. The van der Waals surface area contributed by atoms with Crippen molar-refractivity contribution in [2.75, 3.05) is 47.3 Å². The van der Waals surface area contributed by atoms with Crippen LogP contribution in [0.5, 0.6) is 23.0 Å². The van der Waals surface area contributed by atoms with Crippen molar-refractivity contribution in [2.24, 2.45) is 5.41 Å². The molecule has 252 valence electrons. The fraction of sp³-hybridized carbons (Fsp3) is 0.316. The average molecular weight is 657 g/mol. The number of unbranched alkanes of at least 4 members (excludes halogenated alkanes) is 1. The van der Waals surface area contributed by atoms with Crippen LogP contribution in [-0.2, 0) is 19.2 Å². The topological polar surface area (TPSA) is 108 Å². The van der Waals surface area contributed by atoms with Gasteiger partial charge in [-0.3, -0.25) is 0 Å². The summed E-state index contributed by atoms with van der Waals surface area (Å²) in [5.74, 6) is 0.539. The molecule has 10 heteroatoms. The molecule has 1 heterocycles. The van der Waals surface area contributed by atoms with E-state index in [1.54, 1.807) is 73.8 Å². The Balaban J connectivity index is 1.23. The maximum absolute atomic E-state index is 13.1. The molecule has 1 atom stereocenters. The Morgan fingerprint density at radius 1 is 0.750 bits per heavy atom. The summed E-state index contributed by atoms with van der Waals surface area (Å²) in [5, 5.41) is 0. The van der Waals surface area contributed by atoms with Gasteiger partial charge in [0, 0.05) is 17.6 Å². The van der Waals surface area contributed by atoms with Crippen LogP contribution in [-0.4, -0.2) is 59.2 Å². The van der Waals surface area contributed by atoms with E-state index >= 15 is 0 Å². The average Bonchev–Trinajstić information content (AvgIpc) is 3.10.